The lowest BCUT2D eigenvalue weighted by molar-refractivity contribution is 0.777. The topological polar surface area (TPSA) is 69.9 Å². The first-order valence-electron chi connectivity index (χ1n) is 5.41. The van der Waals surface area contributed by atoms with Crippen LogP contribution in [0.25, 0.3) is 5.69 Å². The first-order valence-corrected chi connectivity index (χ1v) is 5.41. The van der Waals surface area contributed by atoms with Crippen LogP contribution in [0.3, 0.4) is 0 Å². The molecule has 4 heteroatoms. The number of aromatic nitrogens is 2. The Kier molecular flexibility index (Phi) is 3.22. The maximum absolute atomic E-state index is 5.91. The molecular weight excluding hydrogens is 200 g/mol. The highest BCUT2D eigenvalue weighted by Crippen LogP contribution is 2.14. The van der Waals surface area contributed by atoms with Crippen LogP contribution < -0.4 is 11.5 Å². The molecule has 84 valence electrons. The van der Waals surface area contributed by atoms with E-state index < -0.39 is 0 Å². The van der Waals surface area contributed by atoms with Gasteiger partial charge in [0.05, 0.1) is 11.4 Å². The largest absolute Gasteiger partial charge is 0.384 e. The highest BCUT2D eigenvalue weighted by molar-refractivity contribution is 5.42. The SMILES string of the molecule is NCCCc1cc(N)n(-c2ccccc2)n1. The van der Waals surface area contributed by atoms with Crippen LogP contribution in [0.5, 0.6) is 0 Å². The van der Waals surface area contributed by atoms with Crippen LogP contribution in [0.15, 0.2) is 36.4 Å². The average molecular weight is 216 g/mol. The molecule has 4 nitrogen and oxygen atoms in total. The third kappa shape index (κ3) is 2.23. The third-order valence-electron chi connectivity index (χ3n) is 2.43. The summed E-state index contributed by atoms with van der Waals surface area (Å²) in [6.45, 7) is 0.679. The number of aryl methyl sites for hydroxylation is 1. The van der Waals surface area contributed by atoms with Crippen LogP contribution in [0.2, 0.25) is 0 Å². The summed E-state index contributed by atoms with van der Waals surface area (Å²) in [4.78, 5) is 0. The maximum Gasteiger partial charge on any atom is 0.127 e. The zero-order chi connectivity index (χ0) is 11.4. The van der Waals surface area contributed by atoms with E-state index in [1.54, 1.807) is 4.68 Å². The molecule has 0 atom stereocenters. The van der Waals surface area contributed by atoms with E-state index in [2.05, 4.69) is 5.10 Å². The van der Waals surface area contributed by atoms with Crippen molar-refractivity contribution in [2.24, 2.45) is 5.73 Å². The number of anilines is 1. The third-order valence-corrected chi connectivity index (χ3v) is 2.43. The number of rotatable bonds is 4. The molecule has 0 bridgehead atoms. The Hall–Kier alpha value is -1.81. The molecular formula is C12H16N4. The lowest BCUT2D eigenvalue weighted by atomic mass is 10.2. The number of nitrogens with zero attached hydrogens (tertiary/aromatic N) is 2. The molecule has 0 spiro atoms. The second-order valence-electron chi connectivity index (χ2n) is 3.70. The Morgan fingerprint density at radius 3 is 2.62 bits per heavy atom. The summed E-state index contributed by atoms with van der Waals surface area (Å²) >= 11 is 0. The van der Waals surface area contributed by atoms with E-state index in [1.165, 1.54) is 0 Å². The van der Waals surface area contributed by atoms with Gasteiger partial charge in [0.1, 0.15) is 5.82 Å². The van der Waals surface area contributed by atoms with Crippen molar-refractivity contribution < 1.29 is 0 Å². The van der Waals surface area contributed by atoms with Crippen LogP contribution in [0, 0.1) is 0 Å². The van der Waals surface area contributed by atoms with Crippen LogP contribution in [0.4, 0.5) is 5.82 Å². The van der Waals surface area contributed by atoms with Gasteiger partial charge in [0.25, 0.3) is 0 Å². The smallest absolute Gasteiger partial charge is 0.127 e. The van der Waals surface area contributed by atoms with Gasteiger partial charge >= 0.3 is 0 Å². The van der Waals surface area contributed by atoms with Gasteiger partial charge in [-0.2, -0.15) is 5.10 Å². The number of para-hydroxylation sites is 1. The zero-order valence-electron chi connectivity index (χ0n) is 9.13. The minimum Gasteiger partial charge on any atom is -0.384 e. The van der Waals surface area contributed by atoms with Gasteiger partial charge in [-0.25, -0.2) is 4.68 Å². The zero-order valence-corrected chi connectivity index (χ0v) is 9.13. The number of nitrogen functional groups attached to an aromatic ring is 1. The lowest BCUT2D eigenvalue weighted by Crippen LogP contribution is -2.03. The van der Waals surface area contributed by atoms with Crippen molar-refractivity contribution in [2.45, 2.75) is 12.8 Å². The van der Waals surface area contributed by atoms with E-state index in [4.69, 9.17) is 11.5 Å². The van der Waals surface area contributed by atoms with Gasteiger partial charge in [0.2, 0.25) is 0 Å². The summed E-state index contributed by atoms with van der Waals surface area (Å²) in [5.41, 5.74) is 13.4. The molecule has 0 saturated carbocycles. The monoisotopic (exact) mass is 216 g/mol. The van der Waals surface area contributed by atoms with Crippen molar-refractivity contribution in [3.63, 3.8) is 0 Å². The fraction of sp³-hybridized carbons (Fsp3) is 0.250. The Balaban J connectivity index is 2.25. The van der Waals surface area contributed by atoms with E-state index in [0.29, 0.717) is 12.4 Å². The quantitative estimate of drug-likeness (QED) is 0.810. The molecule has 0 radical (unpaired) electrons. The minimum absolute atomic E-state index is 0.665. The van der Waals surface area contributed by atoms with E-state index >= 15 is 0 Å². The summed E-state index contributed by atoms with van der Waals surface area (Å²) in [7, 11) is 0. The molecule has 4 N–H and O–H groups in total. The average Bonchev–Trinajstić information content (AvgIpc) is 2.69. The van der Waals surface area contributed by atoms with Gasteiger partial charge in [0, 0.05) is 6.07 Å². The molecule has 1 aromatic heterocycles. The number of benzene rings is 1. The highest BCUT2D eigenvalue weighted by Gasteiger charge is 2.05. The van der Waals surface area contributed by atoms with Crippen LogP contribution >= 0.6 is 0 Å². The first-order chi connectivity index (χ1) is 7.81. The summed E-state index contributed by atoms with van der Waals surface area (Å²) in [6, 6.07) is 11.8. The molecule has 1 heterocycles. The van der Waals surface area contributed by atoms with E-state index in [1.807, 2.05) is 36.4 Å². The fourth-order valence-corrected chi connectivity index (χ4v) is 1.63. The molecule has 2 aromatic rings. The second kappa shape index (κ2) is 4.81. The van der Waals surface area contributed by atoms with E-state index in [9.17, 15) is 0 Å². The molecule has 2 rings (SSSR count). The Morgan fingerprint density at radius 1 is 1.19 bits per heavy atom. The molecule has 0 saturated heterocycles. The van der Waals surface area contributed by atoms with Crippen molar-refractivity contribution in [1.29, 1.82) is 0 Å². The molecule has 0 unspecified atom stereocenters. The summed E-state index contributed by atoms with van der Waals surface area (Å²) in [6.07, 6.45) is 1.81. The highest BCUT2D eigenvalue weighted by atomic mass is 15.3. The predicted molar refractivity (Wildman–Crippen MR) is 65.4 cm³/mol. The molecule has 0 aliphatic heterocycles. The Bertz CT molecular complexity index is 447. The van der Waals surface area contributed by atoms with Crippen molar-refractivity contribution in [3.8, 4) is 5.69 Å². The predicted octanol–water partition coefficient (Wildman–Crippen LogP) is 1.35. The van der Waals surface area contributed by atoms with Crippen LogP contribution in [-0.2, 0) is 6.42 Å². The van der Waals surface area contributed by atoms with Crippen LogP contribution in [-0.4, -0.2) is 16.3 Å². The van der Waals surface area contributed by atoms with Gasteiger partial charge < -0.3 is 11.5 Å². The van der Waals surface area contributed by atoms with E-state index in [-0.39, 0.29) is 0 Å². The fourth-order valence-electron chi connectivity index (χ4n) is 1.63. The van der Waals surface area contributed by atoms with Gasteiger partial charge in [-0.15, -0.1) is 0 Å². The summed E-state index contributed by atoms with van der Waals surface area (Å²) in [5.74, 6) is 0.665. The molecule has 16 heavy (non-hydrogen) atoms. The van der Waals surface area contributed by atoms with Crippen molar-refractivity contribution in [1.82, 2.24) is 9.78 Å². The van der Waals surface area contributed by atoms with Crippen molar-refractivity contribution in [3.05, 3.63) is 42.1 Å². The number of hydrogen-bond donors (Lipinski definition) is 2. The normalized spacial score (nSPS) is 10.6. The summed E-state index contributed by atoms with van der Waals surface area (Å²) in [5, 5.41) is 4.45. The number of hydrogen-bond acceptors (Lipinski definition) is 3. The van der Waals surface area contributed by atoms with Crippen molar-refractivity contribution >= 4 is 5.82 Å². The standard InChI is InChI=1S/C12H16N4/c13-8-4-5-10-9-12(14)16(15-10)11-6-2-1-3-7-11/h1-3,6-7,9H,4-5,8,13-14H2. The lowest BCUT2D eigenvalue weighted by Gasteiger charge is -2.02. The molecule has 0 aliphatic carbocycles. The number of nitrogens with two attached hydrogens (primary N) is 2. The Labute approximate surface area is 94.9 Å². The van der Waals surface area contributed by atoms with Gasteiger partial charge in [-0.3, -0.25) is 0 Å². The second-order valence-corrected chi connectivity index (χ2v) is 3.70. The maximum atomic E-state index is 5.91. The van der Waals surface area contributed by atoms with Gasteiger partial charge in [-0.1, -0.05) is 18.2 Å². The molecule has 0 amide bonds. The van der Waals surface area contributed by atoms with Crippen molar-refractivity contribution in [2.75, 3.05) is 12.3 Å². The first kappa shape index (κ1) is 10.7. The van der Waals surface area contributed by atoms with Crippen LogP contribution in [0.1, 0.15) is 12.1 Å². The Morgan fingerprint density at radius 2 is 1.94 bits per heavy atom. The van der Waals surface area contributed by atoms with Gasteiger partial charge in [0.15, 0.2) is 0 Å². The molecule has 0 aliphatic rings. The van der Waals surface area contributed by atoms with Gasteiger partial charge in [-0.05, 0) is 31.5 Å². The van der Waals surface area contributed by atoms with E-state index in [0.717, 1.165) is 24.2 Å². The molecule has 1 aromatic carbocycles. The molecule has 0 fully saturated rings. The summed E-state index contributed by atoms with van der Waals surface area (Å²) < 4.78 is 1.76. The minimum atomic E-state index is 0.665.